The van der Waals surface area contributed by atoms with Crippen LogP contribution in [0, 0.1) is 5.82 Å². The van der Waals surface area contributed by atoms with Gasteiger partial charge in [0.2, 0.25) is 5.95 Å². The third kappa shape index (κ3) is 2.45. The summed E-state index contributed by atoms with van der Waals surface area (Å²) in [4.78, 5) is 24.2. The maximum absolute atomic E-state index is 13.6. The standard InChI is InChI=1S/C14H12FN5O3/c1-7(21)10-11(13(22)23-2)16-14-17-18-19-20(14)12(10)8-4-3-5-9(15)6-8/h3-6,12H,1-2H3,(H,16,17,19)/t12-/m0/s1. The number of Topliss-reactive ketones (excluding diaryl/α,β-unsaturated/α-hetero) is 1. The maximum atomic E-state index is 13.6. The quantitative estimate of drug-likeness (QED) is 0.838. The molecule has 0 amide bonds. The van der Waals surface area contributed by atoms with Crippen LogP contribution in [-0.2, 0) is 14.3 Å². The summed E-state index contributed by atoms with van der Waals surface area (Å²) < 4.78 is 19.6. The van der Waals surface area contributed by atoms with Gasteiger partial charge in [-0.15, -0.1) is 0 Å². The molecule has 1 aliphatic heterocycles. The number of carbonyl (C=O) groups is 2. The van der Waals surface area contributed by atoms with Crippen molar-refractivity contribution < 1.29 is 18.7 Å². The summed E-state index contributed by atoms with van der Waals surface area (Å²) >= 11 is 0. The van der Waals surface area contributed by atoms with E-state index < -0.39 is 17.8 Å². The average Bonchev–Trinajstić information content (AvgIpc) is 3.00. The summed E-state index contributed by atoms with van der Waals surface area (Å²) in [6.45, 7) is 1.31. The van der Waals surface area contributed by atoms with Crippen molar-refractivity contribution in [3.63, 3.8) is 0 Å². The van der Waals surface area contributed by atoms with Gasteiger partial charge in [-0.3, -0.25) is 4.79 Å². The molecule has 118 valence electrons. The van der Waals surface area contributed by atoms with E-state index in [2.05, 4.69) is 20.8 Å². The monoisotopic (exact) mass is 317 g/mol. The molecule has 2 aromatic rings. The Kier molecular flexibility index (Phi) is 3.61. The Morgan fingerprint density at radius 1 is 1.39 bits per heavy atom. The number of fused-ring (bicyclic) bond motifs is 1. The van der Waals surface area contributed by atoms with Gasteiger partial charge in [0.1, 0.15) is 17.6 Å². The second-order valence-electron chi connectivity index (χ2n) is 4.87. The minimum absolute atomic E-state index is 0.0587. The minimum Gasteiger partial charge on any atom is -0.464 e. The van der Waals surface area contributed by atoms with Gasteiger partial charge in [-0.1, -0.05) is 17.2 Å². The third-order valence-electron chi connectivity index (χ3n) is 3.45. The van der Waals surface area contributed by atoms with Gasteiger partial charge in [-0.05, 0) is 35.0 Å². The summed E-state index contributed by atoms with van der Waals surface area (Å²) in [6.07, 6.45) is 0. The molecule has 1 atom stereocenters. The van der Waals surface area contributed by atoms with E-state index in [0.717, 1.165) is 0 Å². The average molecular weight is 317 g/mol. The summed E-state index contributed by atoms with van der Waals surface area (Å²) in [5, 5.41) is 13.8. The number of halogens is 1. The summed E-state index contributed by atoms with van der Waals surface area (Å²) in [5.41, 5.74) is 0.477. The molecule has 0 saturated heterocycles. The number of tetrazole rings is 1. The SMILES string of the molecule is COC(=O)C1=C(C(C)=O)[C@H](c2cccc(F)c2)n2nnnc2N1. The van der Waals surface area contributed by atoms with Crippen molar-refractivity contribution in [3.05, 3.63) is 46.9 Å². The molecule has 2 heterocycles. The highest BCUT2D eigenvalue weighted by Crippen LogP contribution is 2.35. The molecule has 3 rings (SSSR count). The highest BCUT2D eigenvalue weighted by atomic mass is 19.1. The number of aromatic nitrogens is 4. The lowest BCUT2D eigenvalue weighted by molar-refractivity contribution is -0.136. The van der Waals surface area contributed by atoms with Gasteiger partial charge in [0.05, 0.1) is 12.7 Å². The van der Waals surface area contributed by atoms with Crippen molar-refractivity contribution in [2.45, 2.75) is 13.0 Å². The van der Waals surface area contributed by atoms with E-state index in [9.17, 15) is 14.0 Å². The molecule has 1 aromatic heterocycles. The number of ether oxygens (including phenoxy) is 1. The van der Waals surface area contributed by atoms with Gasteiger partial charge < -0.3 is 10.1 Å². The van der Waals surface area contributed by atoms with Crippen molar-refractivity contribution in [2.24, 2.45) is 0 Å². The van der Waals surface area contributed by atoms with Crippen LogP contribution < -0.4 is 5.32 Å². The van der Waals surface area contributed by atoms with Gasteiger partial charge in [0.25, 0.3) is 0 Å². The molecule has 0 aliphatic carbocycles. The molecule has 0 saturated carbocycles. The molecule has 0 unspecified atom stereocenters. The van der Waals surface area contributed by atoms with Crippen LogP contribution in [0.25, 0.3) is 0 Å². The van der Waals surface area contributed by atoms with Gasteiger partial charge in [-0.2, -0.15) is 4.68 Å². The Morgan fingerprint density at radius 3 is 2.83 bits per heavy atom. The van der Waals surface area contributed by atoms with Crippen molar-refractivity contribution in [1.82, 2.24) is 20.2 Å². The van der Waals surface area contributed by atoms with Crippen LogP contribution in [0.2, 0.25) is 0 Å². The van der Waals surface area contributed by atoms with Gasteiger partial charge in [-0.25, -0.2) is 9.18 Å². The van der Waals surface area contributed by atoms with Gasteiger partial charge >= 0.3 is 5.97 Å². The topological polar surface area (TPSA) is 99.0 Å². The first-order chi connectivity index (χ1) is 11.0. The van der Waals surface area contributed by atoms with Gasteiger partial charge in [0, 0.05) is 0 Å². The van der Waals surface area contributed by atoms with Crippen molar-refractivity contribution in [2.75, 3.05) is 12.4 Å². The lowest BCUT2D eigenvalue weighted by atomic mass is 9.93. The zero-order chi connectivity index (χ0) is 16.6. The van der Waals surface area contributed by atoms with Crippen molar-refractivity contribution >= 4 is 17.7 Å². The summed E-state index contributed by atoms with van der Waals surface area (Å²) in [7, 11) is 1.20. The number of esters is 1. The van der Waals surface area contributed by atoms with Crippen LogP contribution in [-0.4, -0.2) is 39.1 Å². The normalized spacial score (nSPS) is 16.6. The second-order valence-corrected chi connectivity index (χ2v) is 4.87. The summed E-state index contributed by atoms with van der Waals surface area (Å²) in [5.74, 6) is -1.43. The number of carbonyl (C=O) groups excluding carboxylic acids is 2. The Labute approximate surface area is 129 Å². The molecule has 0 fully saturated rings. The maximum Gasteiger partial charge on any atom is 0.355 e. The van der Waals surface area contributed by atoms with E-state index in [4.69, 9.17) is 4.74 Å². The molecule has 1 aliphatic rings. The molecule has 1 N–H and O–H groups in total. The number of nitrogens with zero attached hydrogens (tertiary/aromatic N) is 4. The van der Waals surface area contributed by atoms with Gasteiger partial charge in [0.15, 0.2) is 5.78 Å². The molecular weight excluding hydrogens is 305 g/mol. The van der Waals surface area contributed by atoms with Crippen LogP contribution in [0.5, 0.6) is 0 Å². The lowest BCUT2D eigenvalue weighted by Crippen LogP contribution is -2.32. The predicted molar refractivity (Wildman–Crippen MR) is 75.7 cm³/mol. The van der Waals surface area contributed by atoms with Crippen LogP contribution in [0.1, 0.15) is 18.5 Å². The van der Waals surface area contributed by atoms with Crippen molar-refractivity contribution in [3.8, 4) is 0 Å². The highest BCUT2D eigenvalue weighted by Gasteiger charge is 2.36. The molecule has 23 heavy (non-hydrogen) atoms. The molecule has 0 spiro atoms. The fourth-order valence-corrected chi connectivity index (χ4v) is 2.50. The number of allylic oxidation sites excluding steroid dienone is 1. The number of benzene rings is 1. The zero-order valence-corrected chi connectivity index (χ0v) is 12.3. The predicted octanol–water partition coefficient (Wildman–Crippen LogP) is 0.843. The Balaban J connectivity index is 2.26. The molecule has 0 radical (unpaired) electrons. The highest BCUT2D eigenvalue weighted by molar-refractivity contribution is 6.05. The molecule has 0 bridgehead atoms. The molecule has 9 heteroatoms. The number of rotatable bonds is 3. The first kappa shape index (κ1) is 14.8. The number of hydrogen-bond acceptors (Lipinski definition) is 7. The van der Waals surface area contributed by atoms with Crippen LogP contribution in [0.15, 0.2) is 35.5 Å². The second kappa shape index (κ2) is 5.59. The number of ketones is 1. The Bertz CT molecular complexity index is 829. The Hall–Kier alpha value is -3.10. The first-order valence-corrected chi connectivity index (χ1v) is 6.66. The molecular formula is C14H12FN5O3. The Morgan fingerprint density at radius 2 is 2.17 bits per heavy atom. The fraction of sp³-hybridized carbons (Fsp3) is 0.214. The van der Waals surface area contributed by atoms with E-state index >= 15 is 0 Å². The summed E-state index contributed by atoms with van der Waals surface area (Å²) in [6, 6.07) is 4.85. The van der Waals surface area contributed by atoms with E-state index in [-0.39, 0.29) is 23.0 Å². The zero-order valence-electron chi connectivity index (χ0n) is 12.3. The smallest absolute Gasteiger partial charge is 0.355 e. The van der Waals surface area contributed by atoms with E-state index in [0.29, 0.717) is 5.56 Å². The largest absolute Gasteiger partial charge is 0.464 e. The van der Waals surface area contributed by atoms with Crippen molar-refractivity contribution in [1.29, 1.82) is 0 Å². The van der Waals surface area contributed by atoms with E-state index in [1.807, 2.05) is 0 Å². The minimum atomic E-state index is -0.830. The van der Waals surface area contributed by atoms with Crippen LogP contribution >= 0.6 is 0 Å². The lowest BCUT2D eigenvalue weighted by Gasteiger charge is -2.27. The first-order valence-electron chi connectivity index (χ1n) is 6.66. The fourth-order valence-electron chi connectivity index (χ4n) is 2.50. The van der Waals surface area contributed by atoms with Crippen LogP contribution in [0.3, 0.4) is 0 Å². The van der Waals surface area contributed by atoms with Crippen LogP contribution in [0.4, 0.5) is 10.3 Å². The van der Waals surface area contributed by atoms with E-state index in [1.54, 1.807) is 6.07 Å². The number of hydrogen-bond donors (Lipinski definition) is 1. The number of methoxy groups -OCH3 is 1. The molecule has 8 nitrogen and oxygen atoms in total. The third-order valence-corrected chi connectivity index (χ3v) is 3.45. The number of nitrogens with one attached hydrogen (secondary N) is 1. The van der Waals surface area contributed by atoms with E-state index in [1.165, 1.54) is 36.9 Å². The molecule has 1 aromatic carbocycles. The number of anilines is 1.